The van der Waals surface area contributed by atoms with Gasteiger partial charge in [0.25, 0.3) is 0 Å². The lowest BCUT2D eigenvalue weighted by Gasteiger charge is -1.96. The number of carboxylic acid groups (broad SMARTS) is 1. The molecular weight excluding hydrogens is 282 g/mol. The maximum absolute atomic E-state index is 10.7. The van der Waals surface area contributed by atoms with E-state index < -0.39 is 5.97 Å². The van der Waals surface area contributed by atoms with E-state index in [-0.39, 0.29) is 12.4 Å². The number of aliphatic carboxylic acids is 1. The summed E-state index contributed by atoms with van der Waals surface area (Å²) in [6.07, 6.45) is 6.12. The maximum atomic E-state index is 10.7. The van der Waals surface area contributed by atoms with Gasteiger partial charge in [0, 0.05) is 34.1 Å². The molecule has 19 heavy (non-hydrogen) atoms. The molecule has 0 radical (unpaired) electrons. The molecule has 0 spiro atoms. The van der Waals surface area contributed by atoms with Crippen LogP contribution in [0.25, 0.3) is 6.08 Å². The van der Waals surface area contributed by atoms with E-state index in [1.165, 1.54) is 4.88 Å². The topological polar surface area (TPSA) is 50.2 Å². The van der Waals surface area contributed by atoms with Crippen LogP contribution in [-0.4, -0.2) is 16.1 Å². The van der Waals surface area contributed by atoms with E-state index in [2.05, 4.69) is 4.98 Å². The average molecular weight is 296 g/mol. The van der Waals surface area contributed by atoms with Crippen LogP contribution in [0.5, 0.6) is 0 Å². The summed E-state index contributed by atoms with van der Waals surface area (Å²) in [6, 6.07) is 7.92. The molecule has 2 aromatic heterocycles. The van der Waals surface area contributed by atoms with Crippen LogP contribution in [0.1, 0.15) is 22.2 Å². The second-order valence-electron chi connectivity index (χ2n) is 3.97. The second-order valence-corrected chi connectivity index (χ2v) is 5.17. The molecule has 3 nitrogen and oxygen atoms in total. The average Bonchev–Trinajstić information content (AvgIpc) is 2.77. The highest BCUT2D eigenvalue weighted by Gasteiger charge is 2.03. The molecule has 0 atom stereocenters. The zero-order valence-electron chi connectivity index (χ0n) is 10.4. The maximum Gasteiger partial charge on any atom is 0.331 e. The van der Waals surface area contributed by atoms with Gasteiger partial charge in [-0.25, -0.2) is 4.79 Å². The monoisotopic (exact) mass is 295 g/mol. The minimum atomic E-state index is -0.878. The van der Waals surface area contributed by atoms with E-state index >= 15 is 0 Å². The van der Waals surface area contributed by atoms with Crippen LogP contribution < -0.4 is 0 Å². The lowest BCUT2D eigenvalue weighted by Crippen LogP contribution is -1.94. The van der Waals surface area contributed by atoms with Gasteiger partial charge >= 0.3 is 5.97 Å². The Hall–Kier alpha value is -1.65. The third-order valence-electron chi connectivity index (χ3n) is 2.48. The molecule has 0 aliphatic rings. The van der Waals surface area contributed by atoms with Gasteiger partial charge in [0.1, 0.15) is 0 Å². The number of aromatic nitrogens is 1. The van der Waals surface area contributed by atoms with Crippen molar-refractivity contribution in [2.24, 2.45) is 0 Å². The number of halogens is 1. The van der Waals surface area contributed by atoms with E-state index in [0.29, 0.717) is 5.57 Å². The highest BCUT2D eigenvalue weighted by Crippen LogP contribution is 2.21. The Kier molecular flexibility index (Phi) is 5.73. The molecule has 100 valence electrons. The SMILES string of the molecule is C/C(=C\c1ccc(Cc2cccnc2)s1)C(=O)O.Cl. The summed E-state index contributed by atoms with van der Waals surface area (Å²) in [6.45, 7) is 1.60. The fraction of sp³-hybridized carbons (Fsp3) is 0.143. The van der Waals surface area contributed by atoms with Crippen molar-refractivity contribution in [3.63, 3.8) is 0 Å². The normalized spacial score (nSPS) is 10.9. The summed E-state index contributed by atoms with van der Waals surface area (Å²) < 4.78 is 0. The molecule has 0 fully saturated rings. The summed E-state index contributed by atoms with van der Waals surface area (Å²) in [5.74, 6) is -0.878. The summed E-state index contributed by atoms with van der Waals surface area (Å²) >= 11 is 1.61. The van der Waals surface area contributed by atoms with Crippen molar-refractivity contribution in [2.75, 3.05) is 0 Å². The summed E-state index contributed by atoms with van der Waals surface area (Å²) in [5.41, 5.74) is 1.51. The largest absolute Gasteiger partial charge is 0.478 e. The number of carboxylic acids is 1. The zero-order chi connectivity index (χ0) is 13.0. The first kappa shape index (κ1) is 15.4. The van der Waals surface area contributed by atoms with Crippen molar-refractivity contribution in [3.05, 3.63) is 57.6 Å². The number of thiophene rings is 1. The smallest absolute Gasteiger partial charge is 0.331 e. The molecule has 1 N–H and O–H groups in total. The molecule has 0 saturated heterocycles. The van der Waals surface area contributed by atoms with Crippen molar-refractivity contribution in [1.82, 2.24) is 4.98 Å². The lowest BCUT2D eigenvalue weighted by atomic mass is 10.2. The molecular formula is C14H14ClNO2S. The van der Waals surface area contributed by atoms with Crippen LogP contribution in [0.3, 0.4) is 0 Å². The van der Waals surface area contributed by atoms with Crippen LogP contribution in [0.2, 0.25) is 0 Å². The van der Waals surface area contributed by atoms with Gasteiger partial charge in [-0.05, 0) is 36.8 Å². The van der Waals surface area contributed by atoms with E-state index in [1.807, 2.05) is 30.5 Å². The predicted molar refractivity (Wildman–Crippen MR) is 79.9 cm³/mol. The summed E-state index contributed by atoms with van der Waals surface area (Å²) in [5, 5.41) is 8.81. The molecule has 0 aliphatic heterocycles. The molecule has 2 heterocycles. The quantitative estimate of drug-likeness (QED) is 0.876. The van der Waals surface area contributed by atoms with E-state index in [9.17, 15) is 4.79 Å². The van der Waals surface area contributed by atoms with Crippen LogP contribution in [0, 0.1) is 0 Å². The third kappa shape index (κ3) is 4.50. The number of carbonyl (C=O) groups is 1. The zero-order valence-corrected chi connectivity index (χ0v) is 12.0. The van der Waals surface area contributed by atoms with Crippen LogP contribution in [-0.2, 0) is 11.2 Å². The van der Waals surface area contributed by atoms with E-state index in [0.717, 1.165) is 16.9 Å². The van der Waals surface area contributed by atoms with Gasteiger partial charge in [-0.1, -0.05) is 6.07 Å². The second kappa shape index (κ2) is 7.07. The van der Waals surface area contributed by atoms with Gasteiger partial charge in [0.15, 0.2) is 0 Å². The number of hydrogen-bond donors (Lipinski definition) is 1. The molecule has 0 aromatic carbocycles. The first-order valence-electron chi connectivity index (χ1n) is 5.54. The Morgan fingerprint density at radius 2 is 2.21 bits per heavy atom. The summed E-state index contributed by atoms with van der Waals surface area (Å²) in [7, 11) is 0. The van der Waals surface area contributed by atoms with Crippen molar-refractivity contribution in [3.8, 4) is 0 Å². The van der Waals surface area contributed by atoms with E-state index in [4.69, 9.17) is 5.11 Å². The molecule has 0 saturated carbocycles. The molecule has 0 aliphatic carbocycles. The summed E-state index contributed by atoms with van der Waals surface area (Å²) in [4.78, 5) is 17.0. The minimum Gasteiger partial charge on any atom is -0.478 e. The van der Waals surface area contributed by atoms with Gasteiger partial charge < -0.3 is 5.11 Å². The van der Waals surface area contributed by atoms with Crippen LogP contribution in [0.15, 0.2) is 42.2 Å². The number of nitrogens with zero attached hydrogens (tertiary/aromatic N) is 1. The van der Waals surface area contributed by atoms with Crippen molar-refractivity contribution >= 4 is 35.8 Å². The predicted octanol–water partition coefficient (Wildman–Crippen LogP) is 3.64. The van der Waals surface area contributed by atoms with Gasteiger partial charge in [-0.2, -0.15) is 0 Å². The van der Waals surface area contributed by atoms with Crippen LogP contribution in [0.4, 0.5) is 0 Å². The fourth-order valence-corrected chi connectivity index (χ4v) is 2.60. The Morgan fingerprint density at radius 1 is 1.42 bits per heavy atom. The number of pyridine rings is 1. The Labute approximate surface area is 122 Å². The van der Waals surface area contributed by atoms with Crippen LogP contribution >= 0.6 is 23.7 Å². The number of hydrogen-bond acceptors (Lipinski definition) is 3. The first-order valence-corrected chi connectivity index (χ1v) is 6.36. The first-order chi connectivity index (χ1) is 8.65. The molecule has 0 bridgehead atoms. The van der Waals surface area contributed by atoms with Gasteiger partial charge in [0.2, 0.25) is 0 Å². The van der Waals surface area contributed by atoms with Crippen molar-refractivity contribution in [2.45, 2.75) is 13.3 Å². The highest BCUT2D eigenvalue weighted by atomic mass is 35.5. The Bertz CT molecular complexity index is 578. The minimum absolute atomic E-state index is 0. The Balaban J connectivity index is 0.00000180. The standard InChI is InChI=1S/C14H13NO2S.ClH/c1-10(14(16)17)7-12-4-5-13(18-12)8-11-3-2-6-15-9-11;/h2-7,9H,8H2,1H3,(H,16,17);1H/b10-7+;. The van der Waals surface area contributed by atoms with Gasteiger partial charge in [-0.15, -0.1) is 23.7 Å². The molecule has 0 amide bonds. The van der Waals surface area contributed by atoms with Gasteiger partial charge in [-0.3, -0.25) is 4.98 Å². The lowest BCUT2D eigenvalue weighted by molar-refractivity contribution is -0.132. The number of rotatable bonds is 4. The Morgan fingerprint density at radius 3 is 2.84 bits per heavy atom. The van der Waals surface area contributed by atoms with Gasteiger partial charge in [0.05, 0.1) is 0 Å². The highest BCUT2D eigenvalue weighted by molar-refractivity contribution is 7.12. The van der Waals surface area contributed by atoms with Crippen molar-refractivity contribution in [1.29, 1.82) is 0 Å². The fourth-order valence-electron chi connectivity index (χ4n) is 1.55. The molecule has 2 aromatic rings. The molecule has 0 unspecified atom stereocenters. The third-order valence-corrected chi connectivity index (χ3v) is 3.51. The molecule has 2 rings (SSSR count). The molecule has 5 heteroatoms. The van der Waals surface area contributed by atoms with E-state index in [1.54, 1.807) is 30.5 Å². The van der Waals surface area contributed by atoms with Crippen molar-refractivity contribution < 1.29 is 9.90 Å².